The third-order valence-corrected chi connectivity index (χ3v) is 7.53. The number of methoxy groups -OCH3 is 1. The summed E-state index contributed by atoms with van der Waals surface area (Å²) in [5.41, 5.74) is 13.5. The highest BCUT2D eigenvalue weighted by atomic mass is 16.6. The Labute approximate surface area is 292 Å². The largest absolute Gasteiger partial charge is 0.469 e. The zero-order chi connectivity index (χ0) is 36.7. The van der Waals surface area contributed by atoms with Crippen LogP contribution in [-0.4, -0.2) is 82.7 Å². The maximum Gasteiger partial charge on any atom is 0.407 e. The van der Waals surface area contributed by atoms with Gasteiger partial charge in [0.15, 0.2) is 17.0 Å². The number of alkyl carbamates (subject to hydrolysis) is 1. The molecule has 3 amide bonds. The Balaban J connectivity index is 1.45. The number of esters is 1. The van der Waals surface area contributed by atoms with E-state index < -0.39 is 29.6 Å². The zero-order valence-electron chi connectivity index (χ0n) is 29.6. The fraction of sp³-hybridized carbons (Fsp3) is 0.529. The third kappa shape index (κ3) is 13.3. The molecule has 0 fully saturated rings. The van der Waals surface area contributed by atoms with Crippen LogP contribution >= 0.6 is 0 Å². The molecule has 272 valence electrons. The molecule has 0 aliphatic heterocycles. The lowest BCUT2D eigenvalue weighted by atomic mass is 10.1. The first kappa shape index (κ1) is 39.2. The summed E-state index contributed by atoms with van der Waals surface area (Å²) in [4.78, 5) is 68.4. The number of fused-ring (bicyclic) bond motifs is 1. The standard InChI is InChI=1S/C34H50N10O6/c1-34(2,3)50-33(48)38-19-11-9-7-6-8-10-18-37-31(47)25(16-17-26(45)49-5)41-30(46)22-12-14-24(15-13-22)44(4)21-23-20-39-29-27(40-23)28(35)42-32(36)43-29/h12-15,20,25H,6-11,16-19,21H2,1-5H3,(H,37,47)(H,38,48)(H,41,46)(H4,35,36,39,42,43)/t25-/m0/s1. The van der Waals surface area contributed by atoms with Gasteiger partial charge in [0.2, 0.25) is 11.9 Å². The van der Waals surface area contributed by atoms with E-state index in [0.29, 0.717) is 42.1 Å². The van der Waals surface area contributed by atoms with Crippen molar-refractivity contribution >= 4 is 52.5 Å². The smallest absolute Gasteiger partial charge is 0.407 e. The summed E-state index contributed by atoms with van der Waals surface area (Å²) in [6, 6.07) is 5.96. The first-order valence-electron chi connectivity index (χ1n) is 16.7. The Bertz CT molecular complexity index is 1600. The number of unbranched alkanes of at least 4 members (excludes halogenated alkanes) is 5. The number of aromatic nitrogens is 4. The first-order valence-corrected chi connectivity index (χ1v) is 16.7. The van der Waals surface area contributed by atoms with E-state index in [0.717, 1.165) is 44.2 Å². The highest BCUT2D eigenvalue weighted by Crippen LogP contribution is 2.19. The van der Waals surface area contributed by atoms with E-state index in [9.17, 15) is 19.2 Å². The molecule has 50 heavy (non-hydrogen) atoms. The number of nitrogens with zero attached hydrogens (tertiary/aromatic N) is 5. The summed E-state index contributed by atoms with van der Waals surface area (Å²) < 4.78 is 9.95. The summed E-state index contributed by atoms with van der Waals surface area (Å²) in [5, 5.41) is 8.40. The van der Waals surface area contributed by atoms with Gasteiger partial charge in [-0.05, 0) is 64.3 Å². The van der Waals surface area contributed by atoms with Crippen molar-refractivity contribution in [3.63, 3.8) is 0 Å². The molecule has 1 aromatic carbocycles. The molecule has 7 N–H and O–H groups in total. The first-order chi connectivity index (χ1) is 23.8. The summed E-state index contributed by atoms with van der Waals surface area (Å²) in [7, 11) is 3.14. The quantitative estimate of drug-likeness (QED) is 0.0952. The van der Waals surface area contributed by atoms with Crippen molar-refractivity contribution in [2.24, 2.45) is 0 Å². The lowest BCUT2D eigenvalue weighted by molar-refractivity contribution is -0.140. The van der Waals surface area contributed by atoms with Gasteiger partial charge >= 0.3 is 12.1 Å². The van der Waals surface area contributed by atoms with Crippen LogP contribution in [0.3, 0.4) is 0 Å². The van der Waals surface area contributed by atoms with Gasteiger partial charge in [-0.2, -0.15) is 9.97 Å². The third-order valence-electron chi connectivity index (χ3n) is 7.53. The number of carbonyl (C=O) groups is 4. The van der Waals surface area contributed by atoms with Gasteiger partial charge < -0.3 is 41.8 Å². The Morgan fingerprint density at radius 3 is 2.18 bits per heavy atom. The van der Waals surface area contributed by atoms with Gasteiger partial charge in [-0.15, -0.1) is 0 Å². The number of benzene rings is 1. The van der Waals surface area contributed by atoms with Crippen LogP contribution in [0.1, 0.15) is 88.2 Å². The maximum absolute atomic E-state index is 13.1. The van der Waals surface area contributed by atoms with E-state index in [2.05, 4.69) is 35.9 Å². The van der Waals surface area contributed by atoms with Crippen LogP contribution in [0, 0.1) is 0 Å². The predicted octanol–water partition coefficient (Wildman–Crippen LogP) is 3.25. The highest BCUT2D eigenvalue weighted by Gasteiger charge is 2.23. The van der Waals surface area contributed by atoms with Gasteiger partial charge in [0.1, 0.15) is 11.6 Å². The Kier molecular flexibility index (Phi) is 14.9. The van der Waals surface area contributed by atoms with E-state index in [1.807, 2.05) is 32.7 Å². The van der Waals surface area contributed by atoms with Crippen molar-refractivity contribution < 1.29 is 28.7 Å². The Morgan fingerprint density at radius 1 is 0.900 bits per heavy atom. The van der Waals surface area contributed by atoms with Crippen LogP contribution in [0.5, 0.6) is 0 Å². The fourth-order valence-electron chi connectivity index (χ4n) is 4.93. The minimum atomic E-state index is -0.917. The van der Waals surface area contributed by atoms with Crippen LogP contribution in [0.4, 0.5) is 22.2 Å². The number of carbonyl (C=O) groups excluding carboxylic acids is 4. The van der Waals surface area contributed by atoms with Crippen molar-refractivity contribution in [3.05, 3.63) is 41.7 Å². The predicted molar refractivity (Wildman–Crippen MR) is 190 cm³/mol. The monoisotopic (exact) mass is 694 g/mol. The number of anilines is 3. The minimum Gasteiger partial charge on any atom is -0.469 e. The highest BCUT2D eigenvalue weighted by molar-refractivity contribution is 5.98. The van der Waals surface area contributed by atoms with E-state index >= 15 is 0 Å². The number of nitrogen functional groups attached to an aromatic ring is 2. The SMILES string of the molecule is COC(=O)CC[C@H](NC(=O)c1ccc(N(C)Cc2cnc3nc(N)nc(N)c3n2)cc1)C(=O)NCCCCCCCCNC(=O)OC(C)(C)C. The van der Waals surface area contributed by atoms with Gasteiger partial charge in [0.05, 0.1) is 25.5 Å². The van der Waals surface area contributed by atoms with Crippen LogP contribution in [-0.2, 0) is 25.6 Å². The second-order valence-electron chi connectivity index (χ2n) is 12.9. The second-order valence-corrected chi connectivity index (χ2v) is 12.9. The summed E-state index contributed by atoms with van der Waals surface area (Å²) in [6.07, 6.45) is 6.78. The van der Waals surface area contributed by atoms with E-state index in [1.54, 1.807) is 30.5 Å². The normalized spacial score (nSPS) is 11.8. The Hall–Kier alpha value is -5.28. The fourth-order valence-corrected chi connectivity index (χ4v) is 4.93. The number of rotatable bonds is 18. The molecule has 0 aliphatic carbocycles. The molecule has 0 unspecified atom stereocenters. The molecule has 16 nitrogen and oxygen atoms in total. The van der Waals surface area contributed by atoms with Crippen LogP contribution in [0.15, 0.2) is 30.5 Å². The number of amides is 3. The molecule has 0 spiro atoms. The summed E-state index contributed by atoms with van der Waals surface area (Å²) in [5.74, 6) is -1.11. The lowest BCUT2D eigenvalue weighted by Gasteiger charge is -2.20. The molecule has 0 radical (unpaired) electrons. The van der Waals surface area contributed by atoms with Crippen LogP contribution < -0.4 is 32.3 Å². The van der Waals surface area contributed by atoms with Gasteiger partial charge in [0.25, 0.3) is 5.91 Å². The molecule has 2 heterocycles. The number of hydrogen-bond donors (Lipinski definition) is 5. The second kappa shape index (κ2) is 19.0. The summed E-state index contributed by atoms with van der Waals surface area (Å²) in [6.45, 7) is 6.88. The number of hydrogen-bond acceptors (Lipinski definition) is 13. The molecular formula is C34H50N10O6. The molecule has 3 aromatic rings. The number of ether oxygens (including phenoxy) is 2. The number of nitrogens with two attached hydrogens (primary N) is 2. The molecule has 16 heteroatoms. The van der Waals surface area contributed by atoms with Crippen molar-refractivity contribution in [2.45, 2.75) is 90.3 Å². The lowest BCUT2D eigenvalue weighted by Crippen LogP contribution is -2.47. The van der Waals surface area contributed by atoms with E-state index in [1.165, 1.54) is 7.11 Å². The molecule has 1 atom stereocenters. The average molecular weight is 695 g/mol. The van der Waals surface area contributed by atoms with Crippen LogP contribution in [0.2, 0.25) is 0 Å². The molecule has 3 rings (SSSR count). The molecule has 2 aromatic heterocycles. The van der Waals surface area contributed by atoms with Gasteiger partial charge in [-0.25, -0.2) is 14.8 Å². The zero-order valence-corrected chi connectivity index (χ0v) is 29.6. The van der Waals surface area contributed by atoms with Crippen LogP contribution in [0.25, 0.3) is 11.2 Å². The molecule has 0 bridgehead atoms. The van der Waals surface area contributed by atoms with Crippen molar-refractivity contribution in [1.29, 1.82) is 0 Å². The minimum absolute atomic E-state index is 0.0236. The topological polar surface area (TPSA) is 230 Å². The van der Waals surface area contributed by atoms with Gasteiger partial charge in [0, 0.05) is 37.8 Å². The molecular weight excluding hydrogens is 644 g/mol. The van der Waals surface area contributed by atoms with Crippen molar-refractivity contribution in [3.8, 4) is 0 Å². The van der Waals surface area contributed by atoms with E-state index in [4.69, 9.17) is 20.9 Å². The molecule has 0 saturated heterocycles. The van der Waals surface area contributed by atoms with Gasteiger partial charge in [-0.1, -0.05) is 25.7 Å². The maximum atomic E-state index is 13.1. The van der Waals surface area contributed by atoms with Gasteiger partial charge in [-0.3, -0.25) is 14.4 Å². The summed E-state index contributed by atoms with van der Waals surface area (Å²) >= 11 is 0. The molecule has 0 aliphatic rings. The average Bonchev–Trinajstić information content (AvgIpc) is 3.06. The number of nitrogens with one attached hydrogen (secondary N) is 3. The van der Waals surface area contributed by atoms with Crippen molar-refractivity contribution in [1.82, 2.24) is 35.9 Å². The molecule has 0 saturated carbocycles. The van der Waals surface area contributed by atoms with Crippen molar-refractivity contribution in [2.75, 3.05) is 43.6 Å². The van der Waals surface area contributed by atoms with E-state index in [-0.39, 0.29) is 30.5 Å². The Morgan fingerprint density at radius 2 is 1.54 bits per heavy atom.